The van der Waals surface area contributed by atoms with Crippen molar-refractivity contribution in [1.82, 2.24) is 4.98 Å². The third-order valence-electron chi connectivity index (χ3n) is 2.63. The van der Waals surface area contributed by atoms with Gasteiger partial charge in [0, 0.05) is 22.2 Å². The van der Waals surface area contributed by atoms with Gasteiger partial charge in [-0.1, -0.05) is 6.07 Å². The number of hydrogen-bond donors (Lipinski definition) is 1. The number of hydrogen-bond acceptors (Lipinski definition) is 6. The smallest absolute Gasteiger partial charge is 0.357 e. The van der Waals surface area contributed by atoms with Crippen molar-refractivity contribution >= 4 is 33.8 Å². The molecular formula is C13H16N2O2S2. The number of nitrogens with one attached hydrogen (secondary N) is 1. The fourth-order valence-electron chi connectivity index (χ4n) is 1.74. The number of methoxy groups -OCH3 is 1. The Morgan fingerprint density at radius 2 is 2.37 bits per heavy atom. The van der Waals surface area contributed by atoms with Gasteiger partial charge in [-0.05, 0) is 25.3 Å². The maximum Gasteiger partial charge on any atom is 0.357 e. The van der Waals surface area contributed by atoms with Crippen molar-refractivity contribution in [2.24, 2.45) is 0 Å². The van der Waals surface area contributed by atoms with Crippen LogP contribution in [0, 0.1) is 6.92 Å². The lowest BCUT2D eigenvalue weighted by atomic mass is 10.2. The van der Waals surface area contributed by atoms with E-state index < -0.39 is 0 Å². The van der Waals surface area contributed by atoms with Crippen LogP contribution >= 0.6 is 22.7 Å². The summed E-state index contributed by atoms with van der Waals surface area (Å²) >= 11 is 3.23. The Kier molecular flexibility index (Phi) is 4.55. The minimum atomic E-state index is -0.382. The number of ether oxygens (including phenoxy) is 1. The Balaban J connectivity index is 2.01. The van der Waals surface area contributed by atoms with Gasteiger partial charge in [0.1, 0.15) is 0 Å². The van der Waals surface area contributed by atoms with Crippen molar-refractivity contribution < 1.29 is 9.53 Å². The minimum absolute atomic E-state index is 0.273. The highest BCUT2D eigenvalue weighted by Crippen LogP contribution is 2.24. The summed E-state index contributed by atoms with van der Waals surface area (Å²) in [4.78, 5) is 18.0. The number of rotatable bonds is 5. The van der Waals surface area contributed by atoms with E-state index in [2.05, 4.69) is 34.7 Å². The van der Waals surface area contributed by atoms with E-state index in [4.69, 9.17) is 4.74 Å². The van der Waals surface area contributed by atoms with Gasteiger partial charge < -0.3 is 10.1 Å². The van der Waals surface area contributed by atoms with E-state index in [1.54, 1.807) is 11.3 Å². The van der Waals surface area contributed by atoms with Crippen LogP contribution in [0.4, 0.5) is 5.13 Å². The number of anilines is 1. The van der Waals surface area contributed by atoms with Gasteiger partial charge in [-0.3, -0.25) is 0 Å². The van der Waals surface area contributed by atoms with Gasteiger partial charge in [0.05, 0.1) is 7.11 Å². The number of esters is 1. The molecule has 0 aliphatic rings. The molecule has 2 rings (SSSR count). The standard InChI is InChI=1S/C13H16N2O2S2/c1-8(7-10-5-4-6-18-10)14-13-15-11(9(2)19-13)12(16)17-3/h4-6,8H,7H2,1-3H3,(H,14,15). The zero-order valence-electron chi connectivity index (χ0n) is 11.1. The third-order valence-corrected chi connectivity index (χ3v) is 4.43. The van der Waals surface area contributed by atoms with E-state index in [-0.39, 0.29) is 12.0 Å². The molecule has 0 aliphatic heterocycles. The van der Waals surface area contributed by atoms with Crippen LogP contribution < -0.4 is 5.32 Å². The van der Waals surface area contributed by atoms with E-state index in [0.29, 0.717) is 5.69 Å². The van der Waals surface area contributed by atoms with E-state index >= 15 is 0 Å². The normalized spacial score (nSPS) is 12.2. The van der Waals surface area contributed by atoms with Gasteiger partial charge in [0.2, 0.25) is 0 Å². The molecule has 2 aromatic heterocycles. The van der Waals surface area contributed by atoms with Gasteiger partial charge in [-0.25, -0.2) is 9.78 Å². The van der Waals surface area contributed by atoms with E-state index in [1.165, 1.54) is 23.3 Å². The number of aromatic nitrogens is 1. The average molecular weight is 296 g/mol. The summed E-state index contributed by atoms with van der Waals surface area (Å²) in [6.07, 6.45) is 0.948. The maximum atomic E-state index is 11.5. The second kappa shape index (κ2) is 6.16. The average Bonchev–Trinajstić information content (AvgIpc) is 2.98. The van der Waals surface area contributed by atoms with Crippen molar-refractivity contribution in [3.05, 3.63) is 33.0 Å². The Bertz CT molecular complexity index is 549. The number of thiophene rings is 1. The molecule has 0 fully saturated rings. The summed E-state index contributed by atoms with van der Waals surface area (Å²) in [6, 6.07) is 4.44. The Hall–Kier alpha value is -1.40. The van der Waals surface area contributed by atoms with Gasteiger partial charge >= 0.3 is 5.97 Å². The molecule has 0 saturated carbocycles. The second-order valence-corrected chi connectivity index (χ2v) is 6.48. The summed E-state index contributed by atoms with van der Waals surface area (Å²) in [5.41, 5.74) is 0.401. The number of carbonyl (C=O) groups excluding carboxylic acids is 1. The van der Waals surface area contributed by atoms with Crippen molar-refractivity contribution in [3.8, 4) is 0 Å². The van der Waals surface area contributed by atoms with E-state index in [9.17, 15) is 4.79 Å². The van der Waals surface area contributed by atoms with Crippen LogP contribution in [0.1, 0.15) is 27.2 Å². The number of thiazole rings is 1. The molecule has 0 saturated heterocycles. The molecule has 2 aromatic rings. The zero-order chi connectivity index (χ0) is 13.8. The molecule has 2 heterocycles. The lowest BCUT2D eigenvalue weighted by Crippen LogP contribution is -2.17. The highest BCUT2D eigenvalue weighted by Gasteiger charge is 2.16. The molecule has 0 aromatic carbocycles. The zero-order valence-corrected chi connectivity index (χ0v) is 12.7. The number of aryl methyl sites for hydroxylation is 1. The first kappa shape index (κ1) is 14.0. The molecule has 1 N–H and O–H groups in total. The summed E-state index contributed by atoms with van der Waals surface area (Å²) in [6.45, 7) is 3.98. The Morgan fingerprint density at radius 3 is 3.00 bits per heavy atom. The van der Waals surface area contributed by atoms with Crippen molar-refractivity contribution in [3.63, 3.8) is 0 Å². The molecule has 19 heavy (non-hydrogen) atoms. The lowest BCUT2D eigenvalue weighted by molar-refractivity contribution is 0.0594. The lowest BCUT2D eigenvalue weighted by Gasteiger charge is -2.11. The number of nitrogens with zero attached hydrogens (tertiary/aromatic N) is 1. The molecular weight excluding hydrogens is 280 g/mol. The summed E-state index contributed by atoms with van der Waals surface area (Å²) < 4.78 is 4.70. The van der Waals surface area contributed by atoms with Gasteiger partial charge in [-0.2, -0.15) is 0 Å². The fraction of sp³-hybridized carbons (Fsp3) is 0.385. The van der Waals surface area contributed by atoms with Crippen molar-refractivity contribution in [2.75, 3.05) is 12.4 Å². The SMILES string of the molecule is COC(=O)c1nc(NC(C)Cc2cccs2)sc1C. The molecule has 0 amide bonds. The first-order valence-corrected chi connectivity index (χ1v) is 7.64. The predicted molar refractivity (Wildman–Crippen MR) is 79.3 cm³/mol. The van der Waals surface area contributed by atoms with Crippen LogP contribution in [-0.2, 0) is 11.2 Å². The highest BCUT2D eigenvalue weighted by atomic mass is 32.1. The van der Waals surface area contributed by atoms with E-state index in [0.717, 1.165) is 16.4 Å². The summed E-state index contributed by atoms with van der Waals surface area (Å²) in [5.74, 6) is -0.382. The van der Waals surface area contributed by atoms with Crippen LogP contribution in [0.15, 0.2) is 17.5 Å². The molecule has 102 valence electrons. The molecule has 6 heteroatoms. The van der Waals surface area contributed by atoms with Crippen molar-refractivity contribution in [1.29, 1.82) is 0 Å². The second-order valence-electron chi connectivity index (χ2n) is 4.24. The molecule has 0 radical (unpaired) electrons. The Labute approximate surface area is 120 Å². The first-order valence-electron chi connectivity index (χ1n) is 5.94. The monoisotopic (exact) mass is 296 g/mol. The van der Waals surface area contributed by atoms with Crippen LogP contribution in [0.3, 0.4) is 0 Å². The van der Waals surface area contributed by atoms with Crippen LogP contribution in [0.25, 0.3) is 0 Å². The quantitative estimate of drug-likeness (QED) is 0.860. The summed E-state index contributed by atoms with van der Waals surface area (Å²) in [5, 5.41) is 6.17. The molecule has 0 aliphatic carbocycles. The van der Waals surface area contributed by atoms with Crippen LogP contribution in [0.5, 0.6) is 0 Å². The number of carbonyl (C=O) groups is 1. The maximum absolute atomic E-state index is 11.5. The highest BCUT2D eigenvalue weighted by molar-refractivity contribution is 7.15. The van der Waals surface area contributed by atoms with Crippen LogP contribution in [0.2, 0.25) is 0 Å². The first-order chi connectivity index (χ1) is 9.10. The molecule has 1 unspecified atom stereocenters. The predicted octanol–water partition coefficient (Wildman–Crippen LogP) is 3.34. The minimum Gasteiger partial charge on any atom is -0.464 e. The van der Waals surface area contributed by atoms with Crippen molar-refractivity contribution in [2.45, 2.75) is 26.3 Å². The van der Waals surface area contributed by atoms with E-state index in [1.807, 2.05) is 6.92 Å². The Morgan fingerprint density at radius 1 is 1.58 bits per heavy atom. The van der Waals surface area contributed by atoms with Crippen LogP contribution in [-0.4, -0.2) is 24.1 Å². The topological polar surface area (TPSA) is 51.2 Å². The molecule has 0 bridgehead atoms. The molecule has 1 atom stereocenters. The van der Waals surface area contributed by atoms with Gasteiger partial charge in [0.15, 0.2) is 10.8 Å². The third kappa shape index (κ3) is 3.54. The van der Waals surface area contributed by atoms with Gasteiger partial charge in [0.25, 0.3) is 0 Å². The largest absolute Gasteiger partial charge is 0.464 e. The summed E-state index contributed by atoms with van der Waals surface area (Å²) in [7, 11) is 1.37. The molecule has 0 spiro atoms. The molecule has 4 nitrogen and oxygen atoms in total. The van der Waals surface area contributed by atoms with Gasteiger partial charge in [-0.15, -0.1) is 22.7 Å². The fourth-order valence-corrected chi connectivity index (χ4v) is 3.48.